The molecule has 0 fully saturated rings. The van der Waals surface area contributed by atoms with Crippen molar-refractivity contribution < 1.29 is 8.94 Å². The summed E-state index contributed by atoms with van der Waals surface area (Å²) in [7, 11) is 6.21. The maximum Gasteiger partial charge on any atom is 0.192 e. The van der Waals surface area contributed by atoms with Crippen LogP contribution in [-0.4, -0.2) is 48.0 Å². The standard InChI is InChI=1S/C15H21N.2C13H18N2.2C12H15NO.3C12H15NS/c1-8-9(2)11(4)15-14(10(8)3)12(5)13(6)16(15)7;1-7-8(2)10(4)13-12(9(7)3)11(5)15(6)14-13;1-7-8(2)10(4)13-12(9(7)3)11(5)14-15(13)6;1-6-7(2)9(4)12-11(8(6)3)13-10(5)14-12;1-6-7(2)9(4)12-11(8(6)3)10(5)14-13-12;1-6-7(2)9(4)12-11(8(6)3)13-10(5)14-12;1-6-7(2)9(4)12-11(8(6)3)10(5)14-13-12;1-6-7(2)9(4)12-11(8(6)3)10(5)13-14-12/h1-7H3;2*1-6H3;5*1-5H3. The second kappa shape index (κ2) is 34.8. The van der Waals surface area contributed by atoms with E-state index < -0.39 is 0 Å². The second-order valence-electron chi connectivity index (χ2n) is 33.6. The number of oxazole rings is 1. The third kappa shape index (κ3) is 16.0. The van der Waals surface area contributed by atoms with E-state index in [1.807, 2.05) is 37.3 Å². The maximum atomic E-state index is 5.60. The van der Waals surface area contributed by atoms with Crippen molar-refractivity contribution in [3.63, 3.8) is 0 Å². The molecule has 0 aliphatic carbocycles. The Labute approximate surface area is 705 Å². The van der Waals surface area contributed by atoms with Crippen LogP contribution in [0.3, 0.4) is 0 Å². The van der Waals surface area contributed by atoms with Gasteiger partial charge in [0.15, 0.2) is 11.5 Å². The lowest BCUT2D eigenvalue weighted by Crippen LogP contribution is -1.97. The number of benzene rings is 8. The summed E-state index contributed by atoms with van der Waals surface area (Å²) in [6, 6.07) is 0. The van der Waals surface area contributed by atoms with E-state index in [1.54, 1.807) is 34.4 Å². The van der Waals surface area contributed by atoms with Crippen LogP contribution in [0.25, 0.3) is 85.9 Å². The van der Waals surface area contributed by atoms with Gasteiger partial charge in [-0.15, -0.1) is 11.3 Å². The molecule has 8 aromatic heterocycles. The van der Waals surface area contributed by atoms with Gasteiger partial charge in [-0.25, -0.2) is 9.97 Å². The first-order chi connectivity index (χ1) is 53.9. The summed E-state index contributed by atoms with van der Waals surface area (Å²) in [5, 5.41) is 22.4. The van der Waals surface area contributed by atoms with Crippen LogP contribution in [0.5, 0.6) is 0 Å². The zero-order valence-corrected chi connectivity index (χ0v) is 81.5. The monoisotopic (exact) mass is 1610 g/mol. The van der Waals surface area contributed by atoms with Crippen molar-refractivity contribution >= 4 is 120 Å². The molecule has 8 aromatic carbocycles. The maximum absolute atomic E-state index is 5.60. The smallest absolute Gasteiger partial charge is 0.192 e. The molecule has 15 heteroatoms. The average Bonchev–Trinajstić information content (AvgIpc) is 1.60. The molecular weight excluding hydrogens is 1480 g/mol. The highest BCUT2D eigenvalue weighted by atomic mass is 32.1. The Morgan fingerprint density at radius 1 is 0.259 bits per heavy atom. The number of nitrogens with zero attached hydrogens (tertiary/aromatic N) is 10. The molecule has 616 valence electrons. The van der Waals surface area contributed by atoms with Crippen LogP contribution in [0, 0.1) is 284 Å². The Morgan fingerprint density at radius 2 is 0.655 bits per heavy atom. The van der Waals surface area contributed by atoms with Crippen LogP contribution >= 0.6 is 34.4 Å². The summed E-state index contributed by atoms with van der Waals surface area (Å²) < 4.78 is 28.8. The summed E-state index contributed by atoms with van der Waals surface area (Å²) in [5.41, 5.74) is 59.4. The van der Waals surface area contributed by atoms with E-state index in [0.29, 0.717) is 0 Å². The number of aromatic nitrogens is 10. The van der Waals surface area contributed by atoms with Crippen molar-refractivity contribution in [2.24, 2.45) is 21.1 Å². The minimum Gasteiger partial charge on any atom is -0.441 e. The number of thiazole rings is 1. The molecule has 0 atom stereocenters. The fourth-order valence-electron chi connectivity index (χ4n) is 17.2. The molecule has 0 spiro atoms. The number of fused-ring (bicyclic) bond motifs is 8. The van der Waals surface area contributed by atoms with Gasteiger partial charge in [0.2, 0.25) is 0 Å². The average molecular weight is 1610 g/mol. The minimum absolute atomic E-state index is 0.746. The van der Waals surface area contributed by atoms with E-state index in [1.165, 1.54) is 269 Å². The molecule has 0 amide bonds. The van der Waals surface area contributed by atoms with Crippen LogP contribution in [0.4, 0.5) is 0 Å². The van der Waals surface area contributed by atoms with Crippen molar-refractivity contribution in [3.05, 3.63) is 228 Å². The first-order valence-electron chi connectivity index (χ1n) is 40.9. The summed E-state index contributed by atoms with van der Waals surface area (Å²) in [4.78, 5) is 10.3. The Kier molecular flexibility index (Phi) is 27.2. The molecule has 0 N–H and O–H groups in total. The second-order valence-corrected chi connectivity index (χ2v) is 36.5. The fraction of sp³-hybridized carbons (Fsp3) is 0.436. The summed E-state index contributed by atoms with van der Waals surface area (Å²) >= 11 is 5.05. The lowest BCUT2D eigenvalue weighted by atomic mass is 9.94. The van der Waals surface area contributed by atoms with Crippen molar-refractivity contribution in [2.45, 2.75) is 284 Å². The van der Waals surface area contributed by atoms with Gasteiger partial charge in [-0.2, -0.15) is 18.9 Å². The van der Waals surface area contributed by atoms with E-state index in [4.69, 9.17) is 8.94 Å². The van der Waals surface area contributed by atoms with Gasteiger partial charge >= 0.3 is 0 Å². The highest BCUT2D eigenvalue weighted by Gasteiger charge is 2.22. The zero-order chi connectivity index (χ0) is 87.1. The zero-order valence-electron chi connectivity index (χ0n) is 79.0. The molecule has 0 saturated carbocycles. The quantitative estimate of drug-likeness (QED) is 0.146. The SMILES string of the molecule is Cc1c(C)c(C)c2c(C)n(C)nc2c1C.Cc1c(C)c(C)c2c(C)nsc2c1C.Cc1c(C)c(C)c2c(C)onc2c1C.Cc1c(C)c(C)c2c(C)snc2c1C.Cc1c(C)c(C)c2c(c(C)nn2C)c1C.Cc1c(C)c(C)c2c(c1C)c(C)c(C)n2C.Cc1nc2c(C)c(C)c(C)c(C)c2o1.Cc1nc2c(C)c(C)c(C)c(C)c2s1. The normalized spacial score (nSPS) is 11.3. The predicted molar refractivity (Wildman–Crippen MR) is 505 cm³/mol. The van der Waals surface area contributed by atoms with Gasteiger partial charge < -0.3 is 13.5 Å². The Morgan fingerprint density at radius 3 is 1.18 bits per heavy atom. The van der Waals surface area contributed by atoms with Crippen LogP contribution in [-0.2, 0) is 21.1 Å². The third-order valence-electron chi connectivity index (χ3n) is 27.9. The van der Waals surface area contributed by atoms with Gasteiger partial charge in [-0.3, -0.25) is 9.36 Å². The molecule has 16 aromatic rings. The molecule has 0 saturated heterocycles. The first-order valence-corrected chi connectivity index (χ1v) is 43.2. The third-order valence-corrected chi connectivity index (χ3v) is 30.8. The van der Waals surface area contributed by atoms with Crippen molar-refractivity contribution in [1.29, 1.82) is 0 Å². The van der Waals surface area contributed by atoms with Crippen molar-refractivity contribution in [2.75, 3.05) is 0 Å². The Bertz CT molecular complexity index is 6020. The molecule has 0 aliphatic heterocycles. The van der Waals surface area contributed by atoms with Crippen LogP contribution in [0.2, 0.25) is 0 Å². The van der Waals surface area contributed by atoms with Crippen LogP contribution in [0.15, 0.2) is 8.94 Å². The lowest BCUT2D eigenvalue weighted by molar-refractivity contribution is 0.405. The van der Waals surface area contributed by atoms with Gasteiger partial charge in [-0.1, -0.05) is 5.16 Å². The largest absolute Gasteiger partial charge is 0.441 e. The lowest BCUT2D eigenvalue weighted by Gasteiger charge is -2.12. The fourth-order valence-corrected chi connectivity index (χ4v) is 20.0. The topological polar surface area (TPSA) is 131 Å². The van der Waals surface area contributed by atoms with Crippen LogP contribution < -0.4 is 0 Å². The van der Waals surface area contributed by atoms with Crippen molar-refractivity contribution in [3.8, 4) is 0 Å². The van der Waals surface area contributed by atoms with E-state index >= 15 is 0 Å². The molecule has 0 radical (unpaired) electrons. The van der Waals surface area contributed by atoms with Gasteiger partial charge in [0.1, 0.15) is 16.8 Å². The van der Waals surface area contributed by atoms with Crippen molar-refractivity contribution in [1.82, 2.24) is 48.0 Å². The highest BCUT2D eigenvalue weighted by Crippen LogP contribution is 2.40. The number of aryl methyl sites for hydroxylation is 27. The molecule has 16 rings (SSSR count). The Hall–Kier alpha value is -9.15. The molecule has 12 nitrogen and oxygen atoms in total. The first kappa shape index (κ1) is 90.8. The summed E-state index contributed by atoms with van der Waals surface area (Å²) in [6.45, 7) is 88.6. The van der Waals surface area contributed by atoms with E-state index in [0.717, 1.165) is 44.5 Å². The predicted octanol–water partition coefficient (Wildman–Crippen LogP) is 28.5. The van der Waals surface area contributed by atoms with E-state index in [9.17, 15) is 0 Å². The van der Waals surface area contributed by atoms with Gasteiger partial charge in [0, 0.05) is 76.6 Å². The van der Waals surface area contributed by atoms with E-state index in [-0.39, 0.29) is 0 Å². The molecule has 0 unspecified atom stereocenters. The highest BCUT2D eigenvalue weighted by molar-refractivity contribution is 7.18. The minimum atomic E-state index is 0.746. The molecule has 0 aliphatic rings. The molecular formula is C101H132N10O2S3. The number of hydrogen-bond acceptors (Lipinski definition) is 12. The molecule has 8 heterocycles. The van der Waals surface area contributed by atoms with Gasteiger partial charge in [-0.05, 0) is 484 Å². The van der Waals surface area contributed by atoms with Gasteiger partial charge in [0.05, 0.1) is 53.4 Å². The summed E-state index contributed by atoms with van der Waals surface area (Å²) in [6.07, 6.45) is 0. The molecule has 0 bridgehead atoms. The summed E-state index contributed by atoms with van der Waals surface area (Å²) in [5.74, 6) is 1.67. The van der Waals surface area contributed by atoms with Crippen LogP contribution in [0.1, 0.15) is 228 Å². The Balaban J connectivity index is 0.000000152. The number of rotatable bonds is 0. The number of hydrogen-bond donors (Lipinski definition) is 0. The molecule has 116 heavy (non-hydrogen) atoms. The van der Waals surface area contributed by atoms with Gasteiger partial charge in [0.25, 0.3) is 0 Å². The van der Waals surface area contributed by atoms with E-state index in [2.05, 4.69) is 316 Å².